The van der Waals surface area contributed by atoms with Gasteiger partial charge in [0.05, 0.1) is 12.7 Å². The van der Waals surface area contributed by atoms with Gasteiger partial charge in [-0.3, -0.25) is 4.79 Å². The minimum absolute atomic E-state index is 0.126. The Morgan fingerprint density at radius 3 is 3.00 bits per heavy atom. The Morgan fingerprint density at radius 1 is 1.58 bits per heavy atom. The van der Waals surface area contributed by atoms with Crippen molar-refractivity contribution in [3.8, 4) is 5.75 Å². The van der Waals surface area contributed by atoms with Crippen molar-refractivity contribution in [1.29, 1.82) is 0 Å². The largest absolute Gasteiger partial charge is 0.496 e. The highest BCUT2D eigenvalue weighted by Crippen LogP contribution is 2.21. The molecule has 1 aromatic carbocycles. The van der Waals surface area contributed by atoms with Crippen LogP contribution in [0.25, 0.3) is 0 Å². The first-order valence-corrected chi connectivity index (χ1v) is 6.50. The summed E-state index contributed by atoms with van der Waals surface area (Å²) >= 11 is 0. The topological polar surface area (TPSA) is 67.6 Å². The van der Waals surface area contributed by atoms with Crippen LogP contribution in [0.1, 0.15) is 16.8 Å². The number of nitrogens with one attached hydrogen (secondary N) is 1. The number of likely N-dealkylation sites (tertiary alicyclic amines) is 1. The molecule has 2 rings (SSSR count). The van der Waals surface area contributed by atoms with Gasteiger partial charge >= 0.3 is 0 Å². The summed E-state index contributed by atoms with van der Waals surface area (Å²) in [5, 5.41) is 2.96. The fraction of sp³-hybridized carbons (Fsp3) is 0.500. The van der Waals surface area contributed by atoms with E-state index in [1.807, 2.05) is 0 Å². The maximum absolute atomic E-state index is 12.2. The van der Waals surface area contributed by atoms with Gasteiger partial charge in [0.1, 0.15) is 5.75 Å². The van der Waals surface area contributed by atoms with Crippen LogP contribution in [0.5, 0.6) is 5.75 Å². The number of nitrogen functional groups attached to an aromatic ring is 1. The van der Waals surface area contributed by atoms with Crippen LogP contribution in [0.15, 0.2) is 18.2 Å². The standard InChI is InChI=1S/C14H21N3O2/c1-17-6-5-10(9-17)8-16-14(18)12-7-11(15)3-4-13(12)19-2/h3-4,7,10H,5-6,8-9,15H2,1-2H3,(H,16,18). The highest BCUT2D eigenvalue weighted by atomic mass is 16.5. The predicted molar refractivity (Wildman–Crippen MR) is 75.3 cm³/mol. The van der Waals surface area contributed by atoms with Gasteiger partial charge in [0.15, 0.2) is 0 Å². The number of benzene rings is 1. The van der Waals surface area contributed by atoms with E-state index in [9.17, 15) is 4.79 Å². The van der Waals surface area contributed by atoms with Gasteiger partial charge < -0.3 is 20.7 Å². The van der Waals surface area contributed by atoms with Crippen LogP contribution in [0.2, 0.25) is 0 Å². The first-order valence-electron chi connectivity index (χ1n) is 6.50. The molecule has 0 radical (unpaired) electrons. The first kappa shape index (κ1) is 13.7. The van der Waals surface area contributed by atoms with Crippen molar-refractivity contribution in [2.45, 2.75) is 6.42 Å². The van der Waals surface area contributed by atoms with Crippen molar-refractivity contribution in [3.05, 3.63) is 23.8 Å². The Bertz CT molecular complexity index is 462. The summed E-state index contributed by atoms with van der Waals surface area (Å²) in [5.74, 6) is 0.954. The number of carbonyl (C=O) groups is 1. The lowest BCUT2D eigenvalue weighted by Crippen LogP contribution is -2.30. The van der Waals surface area contributed by atoms with Crippen LogP contribution in [0, 0.1) is 5.92 Å². The average Bonchev–Trinajstić information content (AvgIpc) is 2.81. The molecule has 1 fully saturated rings. The van der Waals surface area contributed by atoms with E-state index in [0.29, 0.717) is 29.5 Å². The fourth-order valence-corrected chi connectivity index (χ4v) is 2.43. The third kappa shape index (κ3) is 3.38. The Kier molecular flexibility index (Phi) is 4.27. The molecule has 3 N–H and O–H groups in total. The molecule has 5 nitrogen and oxygen atoms in total. The molecule has 5 heteroatoms. The number of rotatable bonds is 4. The van der Waals surface area contributed by atoms with Gasteiger partial charge in [0.2, 0.25) is 0 Å². The minimum Gasteiger partial charge on any atom is -0.496 e. The molecule has 1 atom stereocenters. The molecule has 104 valence electrons. The highest BCUT2D eigenvalue weighted by molar-refractivity contribution is 5.97. The lowest BCUT2D eigenvalue weighted by molar-refractivity contribution is 0.0944. The highest BCUT2D eigenvalue weighted by Gasteiger charge is 2.20. The first-order chi connectivity index (χ1) is 9.10. The molecule has 1 aliphatic heterocycles. The summed E-state index contributed by atoms with van der Waals surface area (Å²) in [4.78, 5) is 14.4. The summed E-state index contributed by atoms with van der Waals surface area (Å²) in [6.07, 6.45) is 1.13. The fourth-order valence-electron chi connectivity index (χ4n) is 2.43. The predicted octanol–water partition coefficient (Wildman–Crippen LogP) is 0.959. The molecule has 1 aromatic rings. The second-order valence-electron chi connectivity index (χ2n) is 5.09. The maximum Gasteiger partial charge on any atom is 0.255 e. The average molecular weight is 263 g/mol. The number of hydrogen-bond acceptors (Lipinski definition) is 4. The molecule has 0 bridgehead atoms. The molecule has 19 heavy (non-hydrogen) atoms. The van der Waals surface area contributed by atoms with Gasteiger partial charge in [0.25, 0.3) is 5.91 Å². The zero-order valence-electron chi connectivity index (χ0n) is 11.5. The van der Waals surface area contributed by atoms with E-state index in [-0.39, 0.29) is 5.91 Å². The third-order valence-electron chi connectivity index (χ3n) is 3.51. The monoisotopic (exact) mass is 263 g/mol. The number of methoxy groups -OCH3 is 1. The van der Waals surface area contributed by atoms with Gasteiger partial charge in [-0.1, -0.05) is 0 Å². The zero-order valence-corrected chi connectivity index (χ0v) is 11.5. The van der Waals surface area contributed by atoms with Gasteiger partial charge in [-0.2, -0.15) is 0 Å². The van der Waals surface area contributed by atoms with Crippen molar-refractivity contribution in [1.82, 2.24) is 10.2 Å². The molecule has 1 saturated heterocycles. The summed E-state index contributed by atoms with van der Waals surface area (Å²) in [7, 11) is 3.65. The number of anilines is 1. The SMILES string of the molecule is COc1ccc(N)cc1C(=O)NCC1CCN(C)C1. The molecule has 0 aromatic heterocycles. The second kappa shape index (κ2) is 5.93. The summed E-state index contributed by atoms with van der Waals surface area (Å²) in [5.41, 5.74) is 6.77. The van der Waals surface area contributed by atoms with E-state index in [1.165, 1.54) is 0 Å². The molecule has 1 heterocycles. The number of hydrogen-bond donors (Lipinski definition) is 2. The Morgan fingerprint density at radius 2 is 2.37 bits per heavy atom. The number of ether oxygens (including phenoxy) is 1. The van der Waals surface area contributed by atoms with E-state index in [2.05, 4.69) is 17.3 Å². The number of nitrogens with two attached hydrogens (primary N) is 1. The summed E-state index contributed by atoms with van der Waals surface area (Å²) in [6, 6.07) is 5.09. The Hall–Kier alpha value is -1.75. The molecular weight excluding hydrogens is 242 g/mol. The van der Waals surface area contributed by atoms with Crippen LogP contribution in [0.3, 0.4) is 0 Å². The third-order valence-corrected chi connectivity index (χ3v) is 3.51. The number of nitrogens with zero attached hydrogens (tertiary/aromatic N) is 1. The van der Waals surface area contributed by atoms with E-state index in [1.54, 1.807) is 25.3 Å². The quantitative estimate of drug-likeness (QED) is 0.794. The summed E-state index contributed by atoms with van der Waals surface area (Å²) < 4.78 is 5.19. The molecule has 1 amide bonds. The Balaban J connectivity index is 1.97. The molecule has 1 unspecified atom stereocenters. The molecule has 0 aliphatic carbocycles. The molecule has 1 aliphatic rings. The van der Waals surface area contributed by atoms with Crippen LogP contribution in [0.4, 0.5) is 5.69 Å². The van der Waals surface area contributed by atoms with E-state index < -0.39 is 0 Å². The van der Waals surface area contributed by atoms with Crippen LogP contribution in [-0.2, 0) is 0 Å². The van der Waals surface area contributed by atoms with Crippen molar-refractivity contribution in [3.63, 3.8) is 0 Å². The minimum atomic E-state index is -0.126. The maximum atomic E-state index is 12.2. The van der Waals surface area contributed by atoms with Gasteiger partial charge in [0, 0.05) is 18.8 Å². The second-order valence-corrected chi connectivity index (χ2v) is 5.09. The van der Waals surface area contributed by atoms with Gasteiger partial charge in [-0.05, 0) is 44.1 Å². The van der Waals surface area contributed by atoms with E-state index in [4.69, 9.17) is 10.5 Å². The van der Waals surface area contributed by atoms with Crippen LogP contribution in [-0.4, -0.2) is 44.6 Å². The molecular formula is C14H21N3O2. The zero-order chi connectivity index (χ0) is 13.8. The summed E-state index contributed by atoms with van der Waals surface area (Å²) in [6.45, 7) is 2.83. The van der Waals surface area contributed by atoms with E-state index in [0.717, 1.165) is 19.5 Å². The van der Waals surface area contributed by atoms with Crippen molar-refractivity contribution in [2.24, 2.45) is 5.92 Å². The van der Waals surface area contributed by atoms with Crippen LogP contribution >= 0.6 is 0 Å². The molecule has 0 spiro atoms. The van der Waals surface area contributed by atoms with Gasteiger partial charge in [-0.25, -0.2) is 0 Å². The molecule has 0 saturated carbocycles. The normalized spacial score (nSPS) is 19.4. The lowest BCUT2D eigenvalue weighted by Gasteiger charge is -2.13. The Labute approximate surface area is 113 Å². The van der Waals surface area contributed by atoms with Crippen molar-refractivity contribution < 1.29 is 9.53 Å². The smallest absolute Gasteiger partial charge is 0.255 e. The van der Waals surface area contributed by atoms with Crippen molar-refractivity contribution >= 4 is 11.6 Å². The van der Waals surface area contributed by atoms with Gasteiger partial charge in [-0.15, -0.1) is 0 Å². The van der Waals surface area contributed by atoms with Crippen LogP contribution < -0.4 is 15.8 Å². The van der Waals surface area contributed by atoms with Crippen molar-refractivity contribution in [2.75, 3.05) is 39.5 Å². The lowest BCUT2D eigenvalue weighted by atomic mass is 10.1. The number of amides is 1. The van der Waals surface area contributed by atoms with E-state index >= 15 is 0 Å². The number of carbonyl (C=O) groups excluding carboxylic acids is 1.